The summed E-state index contributed by atoms with van der Waals surface area (Å²) >= 11 is 1.53. The Hall–Kier alpha value is -2.75. The van der Waals surface area contributed by atoms with Crippen LogP contribution in [0.1, 0.15) is 38.2 Å². The smallest absolute Gasteiger partial charge is 0.387 e. The van der Waals surface area contributed by atoms with Gasteiger partial charge >= 0.3 is 6.61 Å². The molecule has 1 atom stereocenters. The molecular weight excluding hydrogens is 448 g/mol. The maximum absolute atomic E-state index is 12.8. The lowest BCUT2D eigenvalue weighted by molar-refractivity contribution is -0.0498. The third-order valence-corrected chi connectivity index (χ3v) is 7.14. The van der Waals surface area contributed by atoms with Crippen LogP contribution in [0.2, 0.25) is 0 Å². The molecule has 1 amide bonds. The topological polar surface area (TPSA) is 58.0 Å². The van der Waals surface area contributed by atoms with Gasteiger partial charge in [0.2, 0.25) is 0 Å². The van der Waals surface area contributed by atoms with Gasteiger partial charge in [-0.2, -0.15) is 8.78 Å². The number of hydrogen-bond donors (Lipinski definition) is 1. The molecule has 0 radical (unpaired) electrons. The molecule has 0 bridgehead atoms. The van der Waals surface area contributed by atoms with Crippen LogP contribution in [0.4, 0.5) is 13.8 Å². The molecule has 176 valence electrons. The molecule has 2 aromatic heterocycles. The average Bonchev–Trinajstić information content (AvgIpc) is 3.41. The first kappa shape index (κ1) is 23.4. The van der Waals surface area contributed by atoms with Crippen molar-refractivity contribution in [3.8, 4) is 5.75 Å². The molecule has 33 heavy (non-hydrogen) atoms. The predicted molar refractivity (Wildman–Crippen MR) is 124 cm³/mol. The highest BCUT2D eigenvalue weighted by Crippen LogP contribution is 2.43. The maximum atomic E-state index is 12.8. The van der Waals surface area contributed by atoms with Gasteiger partial charge in [-0.1, -0.05) is 12.1 Å². The minimum atomic E-state index is -2.87. The van der Waals surface area contributed by atoms with E-state index in [9.17, 15) is 13.6 Å². The molecule has 3 aromatic rings. The van der Waals surface area contributed by atoms with E-state index in [-0.39, 0.29) is 23.5 Å². The molecule has 6 nitrogen and oxygen atoms in total. The molecular formula is C24H27F2N3O3S. The van der Waals surface area contributed by atoms with Gasteiger partial charge in [-0.25, -0.2) is 0 Å². The number of hydrogen-bond acceptors (Lipinski definition) is 6. The van der Waals surface area contributed by atoms with E-state index in [1.807, 2.05) is 19.1 Å². The van der Waals surface area contributed by atoms with Crippen LogP contribution in [0.15, 0.2) is 47.1 Å². The highest BCUT2D eigenvalue weighted by Gasteiger charge is 2.31. The van der Waals surface area contributed by atoms with E-state index in [0.717, 1.165) is 52.7 Å². The molecule has 1 saturated heterocycles. The predicted octanol–water partition coefficient (Wildman–Crippen LogP) is 5.15. The van der Waals surface area contributed by atoms with Crippen molar-refractivity contribution in [2.45, 2.75) is 26.5 Å². The molecule has 0 saturated carbocycles. The molecule has 3 heterocycles. The maximum Gasteiger partial charge on any atom is 0.387 e. The number of carbonyl (C=O) groups excluding carboxylic acids is 1. The van der Waals surface area contributed by atoms with E-state index in [4.69, 9.17) is 4.42 Å². The van der Waals surface area contributed by atoms with Crippen molar-refractivity contribution in [2.24, 2.45) is 0 Å². The highest BCUT2D eigenvalue weighted by atomic mass is 32.1. The van der Waals surface area contributed by atoms with Crippen LogP contribution in [-0.2, 0) is 0 Å². The Balaban J connectivity index is 1.73. The van der Waals surface area contributed by atoms with E-state index in [1.54, 1.807) is 24.3 Å². The minimum Gasteiger partial charge on any atom is -0.459 e. The van der Waals surface area contributed by atoms with Crippen molar-refractivity contribution >= 4 is 22.2 Å². The second-order valence-corrected chi connectivity index (χ2v) is 9.37. The number of likely N-dealkylation sites (N-methyl/N-ethyl adjacent to an activating group) is 1. The first-order valence-corrected chi connectivity index (χ1v) is 11.6. The third kappa shape index (κ3) is 5.26. The Morgan fingerprint density at radius 1 is 1.12 bits per heavy atom. The number of nitrogens with zero attached hydrogens (tertiary/aromatic N) is 2. The number of alkyl halides is 2. The molecule has 1 N–H and O–H groups in total. The van der Waals surface area contributed by atoms with Crippen LogP contribution < -0.4 is 10.1 Å². The fourth-order valence-corrected chi connectivity index (χ4v) is 5.20. The van der Waals surface area contributed by atoms with Crippen LogP contribution in [0.25, 0.3) is 0 Å². The van der Waals surface area contributed by atoms with Gasteiger partial charge in [0, 0.05) is 36.6 Å². The number of aryl methyl sites for hydroxylation is 1. The summed E-state index contributed by atoms with van der Waals surface area (Å²) in [7, 11) is 2.10. The van der Waals surface area contributed by atoms with E-state index in [0.29, 0.717) is 0 Å². The molecule has 1 fully saturated rings. The van der Waals surface area contributed by atoms with Gasteiger partial charge in [-0.3, -0.25) is 9.69 Å². The lowest BCUT2D eigenvalue weighted by Gasteiger charge is -2.39. The van der Waals surface area contributed by atoms with Crippen LogP contribution in [-0.4, -0.2) is 55.5 Å². The zero-order chi connectivity index (χ0) is 23.5. The van der Waals surface area contributed by atoms with Crippen LogP contribution in [0, 0.1) is 13.8 Å². The summed E-state index contributed by atoms with van der Waals surface area (Å²) in [5, 5.41) is 3.80. The van der Waals surface area contributed by atoms with Crippen molar-refractivity contribution in [2.75, 3.05) is 38.5 Å². The summed E-state index contributed by atoms with van der Waals surface area (Å²) in [6, 6.07) is 9.95. The number of furan rings is 1. The number of anilines is 1. The molecule has 0 spiro atoms. The Kier molecular flexibility index (Phi) is 7.11. The molecule has 1 aliphatic rings. The quantitative estimate of drug-likeness (QED) is 0.512. The lowest BCUT2D eigenvalue weighted by atomic mass is 9.94. The Labute approximate surface area is 195 Å². The van der Waals surface area contributed by atoms with Gasteiger partial charge in [-0.15, -0.1) is 11.3 Å². The fraction of sp³-hybridized carbons (Fsp3) is 0.375. The summed E-state index contributed by atoms with van der Waals surface area (Å²) in [6.45, 7) is 4.74. The standard InChI is InChI=1S/C24H27F2N3O3S/c1-15-16(2)33-23(27-22(30)19-5-4-14-31-19)20(15)21(29-12-10-28(3)11-13-29)17-6-8-18(9-7-17)32-24(25)26/h4-9,14,21,24H,10-13H2,1-3H3,(H,27,30)/t21-/m1/s1. The molecule has 0 unspecified atom stereocenters. The van der Waals surface area contributed by atoms with Crippen molar-refractivity contribution < 1.29 is 22.7 Å². The van der Waals surface area contributed by atoms with Crippen molar-refractivity contribution in [1.82, 2.24) is 9.80 Å². The lowest BCUT2D eigenvalue weighted by Crippen LogP contribution is -2.46. The van der Waals surface area contributed by atoms with E-state index in [1.165, 1.54) is 17.6 Å². The monoisotopic (exact) mass is 475 g/mol. The molecule has 0 aliphatic carbocycles. The first-order valence-electron chi connectivity index (χ1n) is 10.8. The Morgan fingerprint density at radius 2 is 1.82 bits per heavy atom. The number of benzene rings is 1. The summed E-state index contributed by atoms with van der Waals surface area (Å²) in [6.07, 6.45) is 1.47. The summed E-state index contributed by atoms with van der Waals surface area (Å²) < 4.78 is 35.1. The van der Waals surface area contributed by atoms with Crippen LogP contribution >= 0.6 is 11.3 Å². The number of piperazine rings is 1. The van der Waals surface area contributed by atoms with Gasteiger partial charge in [0.05, 0.1) is 12.3 Å². The molecule has 4 rings (SSSR count). The first-order chi connectivity index (χ1) is 15.8. The molecule has 1 aromatic carbocycles. The van der Waals surface area contributed by atoms with Gasteiger partial charge < -0.3 is 19.4 Å². The molecule has 1 aliphatic heterocycles. The van der Waals surface area contributed by atoms with E-state index < -0.39 is 6.61 Å². The third-order valence-electron chi connectivity index (χ3n) is 6.00. The van der Waals surface area contributed by atoms with E-state index in [2.05, 4.69) is 33.8 Å². The van der Waals surface area contributed by atoms with Crippen molar-refractivity contribution in [3.05, 3.63) is 70.0 Å². The normalized spacial score (nSPS) is 16.2. The fourth-order valence-electron chi connectivity index (χ4n) is 4.11. The number of ether oxygens (including phenoxy) is 1. The SMILES string of the molecule is Cc1sc(NC(=O)c2ccco2)c([C@@H](c2ccc(OC(F)F)cc2)N2CCN(C)CC2)c1C. The van der Waals surface area contributed by atoms with Gasteiger partial charge in [0.15, 0.2) is 5.76 Å². The number of rotatable bonds is 7. The second kappa shape index (κ2) is 10.0. The van der Waals surface area contributed by atoms with Gasteiger partial charge in [0.1, 0.15) is 10.8 Å². The summed E-state index contributed by atoms with van der Waals surface area (Å²) in [5.41, 5.74) is 3.08. The zero-order valence-corrected chi connectivity index (χ0v) is 19.6. The zero-order valence-electron chi connectivity index (χ0n) is 18.8. The summed E-state index contributed by atoms with van der Waals surface area (Å²) in [4.78, 5) is 18.5. The van der Waals surface area contributed by atoms with Crippen LogP contribution in [0.5, 0.6) is 5.75 Å². The molecule has 9 heteroatoms. The second-order valence-electron chi connectivity index (χ2n) is 8.15. The van der Waals surface area contributed by atoms with Crippen LogP contribution in [0.3, 0.4) is 0 Å². The summed E-state index contributed by atoms with van der Waals surface area (Å²) in [5.74, 6) is 0.0602. The average molecular weight is 476 g/mol. The number of thiophene rings is 1. The van der Waals surface area contributed by atoms with Crippen molar-refractivity contribution in [3.63, 3.8) is 0 Å². The highest BCUT2D eigenvalue weighted by molar-refractivity contribution is 7.16. The Bertz CT molecular complexity index is 1080. The number of amides is 1. The number of nitrogens with one attached hydrogen (secondary N) is 1. The largest absolute Gasteiger partial charge is 0.459 e. The number of halogens is 2. The Morgan fingerprint density at radius 3 is 2.42 bits per heavy atom. The van der Waals surface area contributed by atoms with E-state index >= 15 is 0 Å². The number of carbonyl (C=O) groups is 1. The van der Waals surface area contributed by atoms with Gasteiger partial charge in [0.25, 0.3) is 5.91 Å². The minimum absolute atomic E-state index is 0.121. The van der Waals surface area contributed by atoms with Gasteiger partial charge in [-0.05, 0) is 56.3 Å². The van der Waals surface area contributed by atoms with Crippen molar-refractivity contribution in [1.29, 1.82) is 0 Å².